The fraction of sp³-hybridized carbons (Fsp3) is 0.500. The second-order valence-electron chi connectivity index (χ2n) is 9.61. The first-order valence-electron chi connectivity index (χ1n) is 13.2. The molecule has 0 saturated carbocycles. The topological polar surface area (TPSA) is 97.3 Å². The zero-order valence-electron chi connectivity index (χ0n) is 23.6. The summed E-state index contributed by atoms with van der Waals surface area (Å²) in [6.07, 6.45) is -13.4. The quantitative estimate of drug-likeness (QED) is 0.205. The summed E-state index contributed by atoms with van der Waals surface area (Å²) in [4.78, 5) is 25.0. The lowest BCUT2D eigenvalue weighted by atomic mass is 10.0. The molecule has 2 aromatic carbocycles. The Balaban J connectivity index is 2.07. The van der Waals surface area contributed by atoms with Crippen molar-refractivity contribution in [2.24, 2.45) is 0 Å². The van der Waals surface area contributed by atoms with Crippen LogP contribution in [0.5, 0.6) is 5.75 Å². The van der Waals surface area contributed by atoms with Gasteiger partial charge in [-0.2, -0.15) is 30.7 Å². The normalized spacial score (nSPS) is 13.1. The zero-order chi connectivity index (χ0) is 32.4. The SMILES string of the molecule is CCOC(Cc1ccc(OCCN(CCOC(F)(F)C(F)(F)C(F)(F)F)C(=O)Nc2ccc(C(C)C)cc2)cc1)C(=O)O. The van der Waals surface area contributed by atoms with E-state index in [2.05, 4.69) is 10.1 Å². The molecule has 0 aliphatic carbocycles. The molecule has 0 radical (unpaired) electrons. The summed E-state index contributed by atoms with van der Waals surface area (Å²) in [6, 6.07) is 12.0. The van der Waals surface area contributed by atoms with Crippen LogP contribution in [0.25, 0.3) is 0 Å². The lowest BCUT2D eigenvalue weighted by Crippen LogP contribution is -2.54. The van der Waals surface area contributed by atoms with Gasteiger partial charge in [0.15, 0.2) is 6.10 Å². The van der Waals surface area contributed by atoms with Crippen LogP contribution in [0, 0.1) is 0 Å². The fourth-order valence-corrected chi connectivity index (χ4v) is 3.64. The van der Waals surface area contributed by atoms with Crippen LogP contribution in [-0.4, -0.2) is 79.2 Å². The Labute approximate surface area is 243 Å². The number of hydrogen-bond acceptors (Lipinski definition) is 5. The first-order chi connectivity index (χ1) is 20.0. The molecule has 240 valence electrons. The average molecular weight is 627 g/mol. The second kappa shape index (κ2) is 15.2. The number of urea groups is 1. The number of carbonyl (C=O) groups is 2. The van der Waals surface area contributed by atoms with E-state index in [9.17, 15) is 45.4 Å². The van der Waals surface area contributed by atoms with Crippen LogP contribution in [0.4, 0.5) is 41.2 Å². The highest BCUT2D eigenvalue weighted by molar-refractivity contribution is 5.89. The van der Waals surface area contributed by atoms with Crippen LogP contribution in [0.1, 0.15) is 37.8 Å². The van der Waals surface area contributed by atoms with Crippen molar-refractivity contribution in [3.8, 4) is 5.75 Å². The molecule has 8 nitrogen and oxygen atoms in total. The average Bonchev–Trinajstić information content (AvgIpc) is 2.92. The standard InChI is InChI=1S/C28H33F7N2O6/c1-4-41-23(24(38)39)17-19-5-11-22(12-6-19)42-15-13-37(14-16-43-28(34,35)26(29,30)27(31,32)33)25(40)36-21-9-7-20(8-10-21)18(2)3/h5-12,18,23H,4,13-17H2,1-3H3,(H,36,40)(H,38,39). The number of carboxylic acids is 1. The van der Waals surface area contributed by atoms with Gasteiger partial charge in [0.25, 0.3) is 0 Å². The third-order valence-electron chi connectivity index (χ3n) is 6.10. The third kappa shape index (κ3) is 10.3. The number of anilines is 1. The fourth-order valence-electron chi connectivity index (χ4n) is 3.64. The van der Waals surface area contributed by atoms with E-state index >= 15 is 0 Å². The first kappa shape index (κ1) is 35.6. The van der Waals surface area contributed by atoms with E-state index in [1.165, 1.54) is 12.1 Å². The molecule has 15 heteroatoms. The van der Waals surface area contributed by atoms with Crippen molar-refractivity contribution in [1.29, 1.82) is 0 Å². The van der Waals surface area contributed by atoms with Crippen LogP contribution in [-0.2, 0) is 20.7 Å². The molecule has 0 heterocycles. The van der Waals surface area contributed by atoms with Crippen LogP contribution < -0.4 is 10.1 Å². The number of ether oxygens (including phenoxy) is 3. The number of rotatable bonds is 16. The van der Waals surface area contributed by atoms with E-state index < -0.39 is 49.5 Å². The van der Waals surface area contributed by atoms with Crippen molar-refractivity contribution in [3.05, 3.63) is 59.7 Å². The zero-order valence-corrected chi connectivity index (χ0v) is 23.6. The van der Waals surface area contributed by atoms with E-state index in [0.717, 1.165) is 10.5 Å². The van der Waals surface area contributed by atoms with Gasteiger partial charge in [0.2, 0.25) is 0 Å². The van der Waals surface area contributed by atoms with Crippen LogP contribution >= 0.6 is 0 Å². The minimum atomic E-state index is -6.56. The largest absolute Gasteiger partial charge is 0.492 e. The third-order valence-corrected chi connectivity index (χ3v) is 6.10. The van der Waals surface area contributed by atoms with Gasteiger partial charge in [-0.15, -0.1) is 0 Å². The Morgan fingerprint density at radius 1 is 0.907 bits per heavy atom. The van der Waals surface area contributed by atoms with Crippen LogP contribution in [0.2, 0.25) is 0 Å². The highest BCUT2D eigenvalue weighted by Gasteiger charge is 2.74. The van der Waals surface area contributed by atoms with Gasteiger partial charge in [-0.3, -0.25) is 0 Å². The molecule has 2 N–H and O–H groups in total. The molecule has 0 spiro atoms. The summed E-state index contributed by atoms with van der Waals surface area (Å²) in [5.41, 5.74) is 1.91. The number of nitrogens with zero attached hydrogens (tertiary/aromatic N) is 1. The predicted molar refractivity (Wildman–Crippen MR) is 142 cm³/mol. The van der Waals surface area contributed by atoms with E-state index in [0.29, 0.717) is 17.0 Å². The van der Waals surface area contributed by atoms with Gasteiger partial charge in [-0.05, 0) is 48.2 Å². The number of nitrogens with one attached hydrogen (secondary N) is 1. The van der Waals surface area contributed by atoms with E-state index in [4.69, 9.17) is 9.47 Å². The van der Waals surface area contributed by atoms with Gasteiger partial charge in [-0.25, -0.2) is 9.59 Å². The lowest BCUT2D eigenvalue weighted by molar-refractivity contribution is -0.423. The molecule has 0 aliphatic rings. The molecule has 0 bridgehead atoms. The highest BCUT2D eigenvalue weighted by atomic mass is 19.4. The van der Waals surface area contributed by atoms with Gasteiger partial charge in [0.1, 0.15) is 12.4 Å². The van der Waals surface area contributed by atoms with Gasteiger partial charge in [0, 0.05) is 25.3 Å². The summed E-state index contributed by atoms with van der Waals surface area (Å²) in [7, 11) is 0. The maximum Gasteiger partial charge on any atom is 0.462 e. The number of aliphatic carboxylic acids is 1. The first-order valence-corrected chi connectivity index (χ1v) is 13.2. The highest BCUT2D eigenvalue weighted by Crippen LogP contribution is 2.46. The number of carboxylic acid groups (broad SMARTS) is 1. The summed E-state index contributed by atoms with van der Waals surface area (Å²) in [6.45, 7) is 3.11. The summed E-state index contributed by atoms with van der Waals surface area (Å²) < 4.78 is 105. The number of alkyl halides is 7. The molecule has 0 fully saturated rings. The van der Waals surface area contributed by atoms with Gasteiger partial charge in [0.05, 0.1) is 13.2 Å². The van der Waals surface area contributed by atoms with E-state index in [-0.39, 0.29) is 32.1 Å². The Kier molecular flexibility index (Phi) is 12.6. The number of halogens is 7. The van der Waals surface area contributed by atoms with Gasteiger partial charge in [-0.1, -0.05) is 38.1 Å². The summed E-state index contributed by atoms with van der Waals surface area (Å²) >= 11 is 0. The number of hydrogen-bond donors (Lipinski definition) is 2. The smallest absolute Gasteiger partial charge is 0.462 e. The Bertz CT molecular complexity index is 1180. The molecule has 0 aliphatic heterocycles. The molecule has 2 rings (SSSR count). The molecule has 0 saturated heterocycles. The molecule has 2 aromatic rings. The molecule has 2 amide bonds. The van der Waals surface area contributed by atoms with Crippen molar-refractivity contribution in [2.75, 3.05) is 38.2 Å². The summed E-state index contributed by atoms with van der Waals surface area (Å²) in [5.74, 6) is -7.08. The van der Waals surface area contributed by atoms with Gasteiger partial charge < -0.3 is 29.5 Å². The van der Waals surface area contributed by atoms with Crippen molar-refractivity contribution in [2.45, 2.75) is 57.4 Å². The summed E-state index contributed by atoms with van der Waals surface area (Å²) in [5, 5.41) is 11.7. The lowest BCUT2D eigenvalue weighted by Gasteiger charge is -2.29. The molecular formula is C28H33F7N2O6. The molecule has 1 unspecified atom stereocenters. The number of carbonyl (C=O) groups excluding carboxylic acids is 1. The second-order valence-corrected chi connectivity index (χ2v) is 9.61. The monoisotopic (exact) mass is 626 g/mol. The van der Waals surface area contributed by atoms with E-state index in [1.807, 2.05) is 13.8 Å². The maximum absolute atomic E-state index is 13.6. The predicted octanol–water partition coefficient (Wildman–Crippen LogP) is 6.56. The molecular weight excluding hydrogens is 593 g/mol. The number of benzene rings is 2. The maximum atomic E-state index is 13.6. The number of amides is 2. The van der Waals surface area contributed by atoms with Gasteiger partial charge >= 0.3 is 30.2 Å². The molecule has 0 aromatic heterocycles. The molecule has 1 atom stereocenters. The molecule has 43 heavy (non-hydrogen) atoms. The van der Waals surface area contributed by atoms with E-state index in [1.54, 1.807) is 43.3 Å². The van der Waals surface area contributed by atoms with Crippen LogP contribution in [0.3, 0.4) is 0 Å². The van der Waals surface area contributed by atoms with Crippen molar-refractivity contribution in [1.82, 2.24) is 4.90 Å². The van der Waals surface area contributed by atoms with Crippen molar-refractivity contribution in [3.63, 3.8) is 0 Å². The minimum absolute atomic E-state index is 0.0908. The van der Waals surface area contributed by atoms with Crippen LogP contribution in [0.15, 0.2) is 48.5 Å². The van der Waals surface area contributed by atoms with Crippen molar-refractivity contribution < 1.29 is 59.6 Å². The minimum Gasteiger partial charge on any atom is -0.492 e. The Hall–Kier alpha value is -3.59. The Morgan fingerprint density at radius 3 is 2.00 bits per heavy atom. The van der Waals surface area contributed by atoms with Crippen molar-refractivity contribution >= 4 is 17.7 Å². The Morgan fingerprint density at radius 2 is 1.49 bits per heavy atom.